The summed E-state index contributed by atoms with van der Waals surface area (Å²) in [5.74, 6) is -0.0520. The number of nitrogens with zero attached hydrogens (tertiary/aromatic N) is 3. The number of hydrogen-bond acceptors (Lipinski definition) is 5. The number of methoxy groups -OCH3 is 1. The van der Waals surface area contributed by atoms with Crippen LogP contribution in [0.4, 0.5) is 5.13 Å². The van der Waals surface area contributed by atoms with Crippen LogP contribution in [-0.4, -0.2) is 48.6 Å². The summed E-state index contributed by atoms with van der Waals surface area (Å²) in [4.78, 5) is 22.0. The second kappa shape index (κ2) is 9.96. The third kappa shape index (κ3) is 5.21. The fraction of sp³-hybridized carbons (Fsp3) is 0.391. The smallest absolute Gasteiger partial charge is 0.260 e. The average Bonchev–Trinajstić information content (AvgIpc) is 3.16. The maximum absolute atomic E-state index is 13.3. The molecule has 6 heteroatoms. The summed E-state index contributed by atoms with van der Waals surface area (Å²) in [6.45, 7) is 9.38. The van der Waals surface area contributed by atoms with Gasteiger partial charge >= 0.3 is 0 Å². The van der Waals surface area contributed by atoms with E-state index in [0.29, 0.717) is 29.9 Å². The van der Waals surface area contributed by atoms with Crippen LogP contribution in [0.2, 0.25) is 0 Å². The highest BCUT2D eigenvalue weighted by atomic mass is 32.1. The van der Waals surface area contributed by atoms with Crippen molar-refractivity contribution in [3.8, 4) is 0 Å². The lowest BCUT2D eigenvalue weighted by Crippen LogP contribution is -2.34. The van der Waals surface area contributed by atoms with Crippen LogP contribution in [0.5, 0.6) is 0 Å². The number of aromatic nitrogens is 1. The van der Waals surface area contributed by atoms with Crippen molar-refractivity contribution >= 4 is 32.6 Å². The maximum atomic E-state index is 13.3. The van der Waals surface area contributed by atoms with Crippen LogP contribution in [0.1, 0.15) is 36.7 Å². The summed E-state index contributed by atoms with van der Waals surface area (Å²) in [5.41, 5.74) is 2.78. The highest BCUT2D eigenvalue weighted by molar-refractivity contribution is 7.22. The second-order valence-electron chi connectivity index (χ2n) is 7.27. The van der Waals surface area contributed by atoms with Gasteiger partial charge in [-0.3, -0.25) is 14.6 Å². The predicted octanol–water partition coefficient (Wildman–Crippen LogP) is 4.82. The van der Waals surface area contributed by atoms with Crippen molar-refractivity contribution in [2.45, 2.75) is 33.4 Å². The molecule has 0 bridgehead atoms. The summed E-state index contributed by atoms with van der Waals surface area (Å²) in [5, 5.41) is 0.703. The summed E-state index contributed by atoms with van der Waals surface area (Å²) in [6.07, 6.45) is 0. The Hall–Kier alpha value is -2.28. The molecular weight excluding hydrogens is 382 g/mol. The molecule has 0 unspecified atom stereocenters. The van der Waals surface area contributed by atoms with Crippen molar-refractivity contribution in [2.24, 2.45) is 0 Å². The number of anilines is 1. The van der Waals surface area contributed by atoms with Crippen LogP contribution in [0, 0.1) is 0 Å². The summed E-state index contributed by atoms with van der Waals surface area (Å²) < 4.78 is 6.30. The van der Waals surface area contributed by atoms with E-state index in [1.165, 1.54) is 16.9 Å². The SMILES string of the molecule is CCN(Cc1ccc(C(=O)N(CCOC)c2nc3ccccc3s2)cc1)C(C)C. The van der Waals surface area contributed by atoms with Gasteiger partial charge in [-0.25, -0.2) is 4.98 Å². The van der Waals surface area contributed by atoms with Gasteiger partial charge in [-0.05, 0) is 50.2 Å². The molecule has 154 valence electrons. The Labute approximate surface area is 176 Å². The molecule has 5 nitrogen and oxygen atoms in total. The zero-order valence-corrected chi connectivity index (χ0v) is 18.4. The van der Waals surface area contributed by atoms with Crippen LogP contribution in [-0.2, 0) is 11.3 Å². The zero-order valence-electron chi connectivity index (χ0n) is 17.6. The Bertz CT molecular complexity index is 904. The van der Waals surface area contributed by atoms with Crippen LogP contribution in [0.3, 0.4) is 0 Å². The van der Waals surface area contributed by atoms with E-state index < -0.39 is 0 Å². The lowest BCUT2D eigenvalue weighted by molar-refractivity contribution is 0.0976. The molecule has 0 aliphatic carbocycles. The minimum absolute atomic E-state index is 0.0520. The molecule has 1 aromatic heterocycles. The molecule has 0 spiro atoms. The maximum Gasteiger partial charge on any atom is 0.260 e. The lowest BCUT2D eigenvalue weighted by atomic mass is 10.1. The fourth-order valence-corrected chi connectivity index (χ4v) is 4.23. The first kappa shape index (κ1) is 21.4. The molecule has 1 amide bonds. The molecule has 0 aliphatic rings. The minimum Gasteiger partial charge on any atom is -0.383 e. The number of para-hydroxylation sites is 1. The van der Waals surface area contributed by atoms with Crippen molar-refractivity contribution in [1.29, 1.82) is 0 Å². The highest BCUT2D eigenvalue weighted by Gasteiger charge is 2.21. The number of rotatable bonds is 9. The van der Waals surface area contributed by atoms with Gasteiger partial charge in [0.1, 0.15) is 0 Å². The Morgan fingerprint density at radius 2 is 1.86 bits per heavy atom. The van der Waals surface area contributed by atoms with Crippen molar-refractivity contribution in [3.63, 3.8) is 0 Å². The van der Waals surface area contributed by atoms with Gasteiger partial charge in [-0.2, -0.15) is 0 Å². The van der Waals surface area contributed by atoms with Crippen molar-refractivity contribution in [2.75, 3.05) is 31.7 Å². The van der Waals surface area contributed by atoms with Crippen molar-refractivity contribution in [3.05, 3.63) is 59.7 Å². The van der Waals surface area contributed by atoms with Gasteiger partial charge in [0.05, 0.1) is 23.4 Å². The molecule has 0 saturated heterocycles. The molecule has 0 fully saturated rings. The van der Waals surface area contributed by atoms with Gasteiger partial charge in [0.2, 0.25) is 0 Å². The van der Waals surface area contributed by atoms with Gasteiger partial charge in [-0.1, -0.05) is 42.5 Å². The molecule has 0 N–H and O–H groups in total. The zero-order chi connectivity index (χ0) is 20.8. The molecule has 2 aromatic carbocycles. The number of hydrogen-bond donors (Lipinski definition) is 0. The van der Waals surface area contributed by atoms with Crippen LogP contribution >= 0.6 is 11.3 Å². The van der Waals surface area contributed by atoms with Crippen LogP contribution < -0.4 is 4.90 Å². The van der Waals surface area contributed by atoms with E-state index in [1.807, 2.05) is 48.5 Å². The van der Waals surface area contributed by atoms with Crippen molar-refractivity contribution < 1.29 is 9.53 Å². The number of benzene rings is 2. The minimum atomic E-state index is -0.0520. The van der Waals surface area contributed by atoms with Gasteiger partial charge in [-0.15, -0.1) is 0 Å². The quantitative estimate of drug-likeness (QED) is 0.506. The molecule has 3 rings (SSSR count). The Kier molecular flexibility index (Phi) is 7.36. The number of carbonyl (C=O) groups excluding carboxylic acids is 1. The molecular formula is C23H29N3O2S. The first-order valence-electron chi connectivity index (χ1n) is 10.0. The number of thiazole rings is 1. The summed E-state index contributed by atoms with van der Waals surface area (Å²) in [7, 11) is 1.64. The first-order chi connectivity index (χ1) is 14.0. The number of fused-ring (bicyclic) bond motifs is 1. The summed E-state index contributed by atoms with van der Waals surface area (Å²) in [6, 6.07) is 16.4. The number of amides is 1. The Morgan fingerprint density at radius 3 is 2.48 bits per heavy atom. The third-order valence-corrected chi connectivity index (χ3v) is 6.06. The monoisotopic (exact) mass is 411 g/mol. The van der Waals surface area contributed by atoms with Gasteiger partial charge in [0.15, 0.2) is 5.13 Å². The highest BCUT2D eigenvalue weighted by Crippen LogP contribution is 2.29. The lowest BCUT2D eigenvalue weighted by Gasteiger charge is -2.25. The van der Waals surface area contributed by atoms with E-state index in [-0.39, 0.29) is 5.91 Å². The van der Waals surface area contributed by atoms with E-state index in [4.69, 9.17) is 4.74 Å². The average molecular weight is 412 g/mol. The van der Waals surface area contributed by atoms with E-state index >= 15 is 0 Å². The standard InChI is InChI=1S/C23H29N3O2S/c1-5-25(17(2)3)16-18-10-12-19(13-11-18)22(27)26(14-15-28-4)23-24-20-8-6-7-9-21(20)29-23/h6-13,17H,5,14-16H2,1-4H3. The molecule has 0 atom stereocenters. The molecule has 1 heterocycles. The van der Waals surface area contributed by atoms with E-state index in [9.17, 15) is 4.79 Å². The topological polar surface area (TPSA) is 45.7 Å². The summed E-state index contributed by atoms with van der Waals surface area (Å²) >= 11 is 1.53. The molecule has 29 heavy (non-hydrogen) atoms. The molecule has 0 saturated carbocycles. The van der Waals surface area contributed by atoms with Gasteiger partial charge < -0.3 is 4.74 Å². The van der Waals surface area contributed by atoms with Crippen LogP contribution in [0.15, 0.2) is 48.5 Å². The van der Waals surface area contributed by atoms with Crippen molar-refractivity contribution in [1.82, 2.24) is 9.88 Å². The normalized spacial score (nSPS) is 11.5. The van der Waals surface area contributed by atoms with Crippen LogP contribution in [0.25, 0.3) is 10.2 Å². The number of carbonyl (C=O) groups is 1. The van der Waals surface area contributed by atoms with Gasteiger partial charge in [0.25, 0.3) is 5.91 Å². The van der Waals surface area contributed by atoms with E-state index in [2.05, 4.69) is 30.7 Å². The molecule has 0 aliphatic heterocycles. The predicted molar refractivity (Wildman–Crippen MR) is 121 cm³/mol. The third-order valence-electron chi connectivity index (χ3n) is 5.00. The van der Waals surface area contributed by atoms with E-state index in [1.54, 1.807) is 12.0 Å². The number of ether oxygens (including phenoxy) is 1. The molecule has 3 aromatic rings. The Balaban J connectivity index is 1.82. The fourth-order valence-electron chi connectivity index (χ4n) is 3.24. The Morgan fingerprint density at radius 1 is 1.14 bits per heavy atom. The largest absolute Gasteiger partial charge is 0.383 e. The van der Waals surface area contributed by atoms with E-state index in [0.717, 1.165) is 23.3 Å². The second-order valence-corrected chi connectivity index (χ2v) is 8.28. The van der Waals surface area contributed by atoms with Gasteiger partial charge in [0, 0.05) is 25.3 Å². The molecule has 0 radical (unpaired) electrons. The first-order valence-corrected chi connectivity index (χ1v) is 10.8.